The Hall–Kier alpha value is -0.660. The summed E-state index contributed by atoms with van der Waals surface area (Å²) in [6, 6.07) is 3.30. The average molecular weight is 295 g/mol. The van der Waals surface area contributed by atoms with E-state index in [9.17, 15) is 8.42 Å². The van der Waals surface area contributed by atoms with Crippen molar-refractivity contribution in [3.63, 3.8) is 0 Å². The van der Waals surface area contributed by atoms with Crippen LogP contribution in [0.25, 0.3) is 0 Å². The van der Waals surface area contributed by atoms with E-state index >= 15 is 0 Å². The summed E-state index contributed by atoms with van der Waals surface area (Å²) in [5.74, 6) is 0.206. The summed E-state index contributed by atoms with van der Waals surface area (Å²) in [5, 5.41) is 0. The fourth-order valence-corrected chi connectivity index (χ4v) is 2.12. The molecule has 0 aliphatic rings. The largest absolute Gasteiger partial charge is 0.384 e. The lowest BCUT2D eigenvalue weighted by atomic mass is 10.5. The highest BCUT2D eigenvalue weighted by atomic mass is 79.9. The molecule has 0 saturated heterocycles. The Bertz CT molecular complexity index is 422. The second-order valence-electron chi connectivity index (χ2n) is 2.77. The van der Waals surface area contributed by atoms with Crippen molar-refractivity contribution in [2.75, 3.05) is 24.2 Å². The maximum absolute atomic E-state index is 11.4. The molecule has 0 spiro atoms. The maximum atomic E-state index is 11.4. The zero-order chi connectivity index (χ0) is 11.3. The number of anilines is 1. The van der Waals surface area contributed by atoms with E-state index in [0.29, 0.717) is 5.82 Å². The van der Waals surface area contributed by atoms with E-state index in [1.54, 1.807) is 12.1 Å². The summed E-state index contributed by atoms with van der Waals surface area (Å²) in [5.41, 5.74) is 0. The molecule has 0 aromatic carbocycles. The van der Waals surface area contributed by atoms with Crippen LogP contribution in [0.15, 0.2) is 22.8 Å². The van der Waals surface area contributed by atoms with Gasteiger partial charge in [-0.2, -0.15) is 0 Å². The molecule has 0 unspecified atom stereocenters. The van der Waals surface area contributed by atoms with E-state index in [0.717, 1.165) is 4.47 Å². The summed E-state index contributed by atoms with van der Waals surface area (Å²) in [7, 11) is -1.92. The molecule has 5 nitrogen and oxygen atoms in total. The Kier molecular flexibility index (Phi) is 4.49. The zero-order valence-electron chi connectivity index (χ0n) is 8.10. The van der Waals surface area contributed by atoms with E-state index < -0.39 is 10.0 Å². The van der Waals surface area contributed by atoms with Gasteiger partial charge in [-0.25, -0.2) is 13.4 Å². The highest BCUT2D eigenvalue weighted by molar-refractivity contribution is 9.10. The number of sulfonamides is 1. The van der Waals surface area contributed by atoms with Crippen LogP contribution in [0.5, 0.6) is 0 Å². The monoisotopic (exact) mass is 294 g/mol. The second kappa shape index (κ2) is 5.43. The first-order chi connectivity index (χ1) is 7.03. The molecule has 1 aromatic rings. The molecule has 0 saturated carbocycles. The predicted octanol–water partition coefficient (Wildman–Crippen LogP) is 1.23. The lowest BCUT2D eigenvalue weighted by molar-refractivity contribution is 0.217. The summed E-state index contributed by atoms with van der Waals surface area (Å²) in [6.45, 7) is 0.156. The van der Waals surface area contributed by atoms with Gasteiger partial charge >= 0.3 is 0 Å². The SMILES string of the molecule is COCCS(=O)(=O)Nc1cc(Br)ccn1. The minimum absolute atomic E-state index is 0.0856. The molecule has 0 atom stereocenters. The van der Waals surface area contributed by atoms with Crippen LogP contribution in [-0.2, 0) is 14.8 Å². The third kappa shape index (κ3) is 4.59. The molecule has 84 valence electrons. The number of pyridine rings is 1. The first-order valence-electron chi connectivity index (χ1n) is 4.14. The number of methoxy groups -OCH3 is 1. The molecule has 1 rings (SSSR count). The Labute approximate surface area is 97.0 Å². The van der Waals surface area contributed by atoms with E-state index in [4.69, 9.17) is 4.74 Å². The number of aromatic nitrogens is 1. The number of nitrogens with zero attached hydrogens (tertiary/aromatic N) is 1. The van der Waals surface area contributed by atoms with Crippen molar-refractivity contribution < 1.29 is 13.2 Å². The summed E-state index contributed by atoms with van der Waals surface area (Å²) in [6.07, 6.45) is 1.51. The van der Waals surface area contributed by atoms with Crippen LogP contribution < -0.4 is 4.72 Å². The molecule has 0 amide bonds. The van der Waals surface area contributed by atoms with Gasteiger partial charge < -0.3 is 4.74 Å². The Morgan fingerprint density at radius 3 is 2.93 bits per heavy atom. The van der Waals surface area contributed by atoms with Crippen LogP contribution in [0.2, 0.25) is 0 Å². The van der Waals surface area contributed by atoms with Crippen LogP contribution in [0.4, 0.5) is 5.82 Å². The van der Waals surface area contributed by atoms with Gasteiger partial charge in [0.15, 0.2) is 0 Å². The lowest BCUT2D eigenvalue weighted by Crippen LogP contribution is -2.20. The van der Waals surface area contributed by atoms with Crippen molar-refractivity contribution in [3.05, 3.63) is 22.8 Å². The van der Waals surface area contributed by atoms with Gasteiger partial charge in [0, 0.05) is 17.8 Å². The van der Waals surface area contributed by atoms with Crippen molar-refractivity contribution in [1.82, 2.24) is 4.98 Å². The normalized spacial score (nSPS) is 11.3. The molecular formula is C8H11BrN2O3S. The standard InChI is InChI=1S/C8H11BrN2O3S/c1-14-4-5-15(12,13)11-8-6-7(9)2-3-10-8/h2-3,6H,4-5H2,1H3,(H,10,11). The quantitative estimate of drug-likeness (QED) is 0.887. The van der Waals surface area contributed by atoms with Crippen LogP contribution in [0.1, 0.15) is 0 Å². The number of ether oxygens (including phenoxy) is 1. The predicted molar refractivity (Wildman–Crippen MR) is 61.2 cm³/mol. The minimum atomic E-state index is -3.37. The Morgan fingerprint density at radius 2 is 2.33 bits per heavy atom. The van der Waals surface area contributed by atoms with Gasteiger partial charge in [-0.1, -0.05) is 15.9 Å². The van der Waals surface area contributed by atoms with E-state index in [-0.39, 0.29) is 12.4 Å². The molecule has 1 N–H and O–H groups in total. The van der Waals surface area contributed by atoms with Crippen molar-refractivity contribution in [3.8, 4) is 0 Å². The molecule has 0 aliphatic carbocycles. The first kappa shape index (κ1) is 12.4. The van der Waals surface area contributed by atoms with Crippen molar-refractivity contribution in [2.24, 2.45) is 0 Å². The lowest BCUT2D eigenvalue weighted by Gasteiger charge is -2.06. The van der Waals surface area contributed by atoms with Gasteiger partial charge in [0.2, 0.25) is 10.0 Å². The zero-order valence-corrected chi connectivity index (χ0v) is 10.5. The van der Waals surface area contributed by atoms with Gasteiger partial charge in [-0.05, 0) is 12.1 Å². The van der Waals surface area contributed by atoms with Gasteiger partial charge in [0.1, 0.15) is 5.82 Å². The van der Waals surface area contributed by atoms with E-state index in [2.05, 4.69) is 25.6 Å². The summed E-state index contributed by atoms with van der Waals surface area (Å²) in [4.78, 5) is 3.87. The van der Waals surface area contributed by atoms with Crippen molar-refractivity contribution in [1.29, 1.82) is 0 Å². The number of halogens is 1. The molecular weight excluding hydrogens is 284 g/mol. The third-order valence-electron chi connectivity index (χ3n) is 1.54. The van der Waals surface area contributed by atoms with Crippen molar-refractivity contribution >= 4 is 31.8 Å². The van der Waals surface area contributed by atoms with Crippen molar-refractivity contribution in [2.45, 2.75) is 0 Å². The molecule has 0 bridgehead atoms. The Balaban J connectivity index is 2.69. The fourth-order valence-electron chi connectivity index (χ4n) is 0.864. The molecule has 1 heterocycles. The maximum Gasteiger partial charge on any atom is 0.236 e. The topological polar surface area (TPSA) is 68.3 Å². The van der Waals surface area contributed by atoms with E-state index in [1.807, 2.05) is 0 Å². The number of nitrogens with one attached hydrogen (secondary N) is 1. The third-order valence-corrected chi connectivity index (χ3v) is 3.26. The first-order valence-corrected chi connectivity index (χ1v) is 6.59. The minimum Gasteiger partial charge on any atom is -0.384 e. The second-order valence-corrected chi connectivity index (χ2v) is 5.53. The number of hydrogen-bond acceptors (Lipinski definition) is 4. The molecule has 0 aliphatic heterocycles. The van der Waals surface area contributed by atoms with Crippen LogP contribution in [-0.4, -0.2) is 32.9 Å². The highest BCUT2D eigenvalue weighted by Gasteiger charge is 2.10. The van der Waals surface area contributed by atoms with Gasteiger partial charge in [-0.3, -0.25) is 4.72 Å². The number of rotatable bonds is 5. The molecule has 15 heavy (non-hydrogen) atoms. The van der Waals surface area contributed by atoms with Crippen LogP contribution in [0, 0.1) is 0 Å². The summed E-state index contributed by atoms with van der Waals surface area (Å²) >= 11 is 3.22. The molecule has 7 heteroatoms. The van der Waals surface area contributed by atoms with Gasteiger partial charge in [0.05, 0.1) is 12.4 Å². The van der Waals surface area contributed by atoms with Gasteiger partial charge in [0.25, 0.3) is 0 Å². The van der Waals surface area contributed by atoms with Crippen LogP contribution in [0.3, 0.4) is 0 Å². The smallest absolute Gasteiger partial charge is 0.236 e. The number of hydrogen-bond donors (Lipinski definition) is 1. The van der Waals surface area contributed by atoms with Gasteiger partial charge in [-0.15, -0.1) is 0 Å². The molecule has 0 radical (unpaired) electrons. The van der Waals surface area contributed by atoms with E-state index in [1.165, 1.54) is 13.3 Å². The average Bonchev–Trinajstić information content (AvgIpc) is 2.14. The molecule has 0 fully saturated rings. The Morgan fingerprint density at radius 1 is 1.60 bits per heavy atom. The summed E-state index contributed by atoms with van der Waals surface area (Å²) < 4.78 is 30.6. The fraction of sp³-hybridized carbons (Fsp3) is 0.375. The van der Waals surface area contributed by atoms with Crippen LogP contribution >= 0.6 is 15.9 Å². The molecule has 1 aromatic heterocycles. The highest BCUT2D eigenvalue weighted by Crippen LogP contribution is 2.13.